The van der Waals surface area contributed by atoms with E-state index in [2.05, 4.69) is 10.1 Å². The topological polar surface area (TPSA) is 112 Å². The fraction of sp³-hybridized carbons (Fsp3) is 0.333. The molecule has 1 aromatic carbocycles. The zero-order valence-corrected chi connectivity index (χ0v) is 10.8. The molecule has 0 aliphatic carbocycles. The van der Waals surface area contributed by atoms with Crippen molar-refractivity contribution >= 4 is 5.69 Å². The quantitative estimate of drug-likeness (QED) is 0.631. The number of aryl methyl sites for hydroxylation is 1. The van der Waals surface area contributed by atoms with Crippen LogP contribution in [0.25, 0.3) is 0 Å². The number of nitrogens with zero attached hydrogens (tertiary/aromatic N) is 3. The van der Waals surface area contributed by atoms with E-state index >= 15 is 0 Å². The Morgan fingerprint density at radius 3 is 2.90 bits per heavy atom. The zero-order valence-electron chi connectivity index (χ0n) is 10.8. The molecule has 0 spiro atoms. The van der Waals surface area contributed by atoms with Gasteiger partial charge in [0.25, 0.3) is 11.6 Å². The predicted molar refractivity (Wildman–Crippen MR) is 67.0 cm³/mol. The summed E-state index contributed by atoms with van der Waals surface area (Å²) in [5, 5.41) is 23.6. The Balaban J connectivity index is 2.10. The molecule has 0 bridgehead atoms. The van der Waals surface area contributed by atoms with Crippen LogP contribution in [-0.2, 0) is 19.6 Å². The first-order valence-corrected chi connectivity index (χ1v) is 5.96. The van der Waals surface area contributed by atoms with Crippen LogP contribution < -0.4 is 4.74 Å². The van der Waals surface area contributed by atoms with E-state index in [1.807, 2.05) is 6.92 Å². The monoisotopic (exact) mass is 279 g/mol. The molecule has 0 unspecified atom stereocenters. The smallest absolute Gasteiger partial charge is 0.270 e. The molecule has 0 atom stereocenters. The first-order valence-electron chi connectivity index (χ1n) is 5.96. The molecule has 0 saturated heterocycles. The van der Waals surface area contributed by atoms with Crippen molar-refractivity contribution in [2.75, 3.05) is 0 Å². The Morgan fingerprint density at radius 2 is 2.30 bits per heavy atom. The predicted octanol–water partition coefficient (Wildman–Crippen LogP) is 1.61. The number of aliphatic hydroxyl groups excluding tert-OH is 1. The van der Waals surface area contributed by atoms with Crippen LogP contribution in [0.15, 0.2) is 22.7 Å². The van der Waals surface area contributed by atoms with Gasteiger partial charge in [0.15, 0.2) is 12.4 Å². The van der Waals surface area contributed by atoms with Crippen LogP contribution in [0.2, 0.25) is 0 Å². The van der Waals surface area contributed by atoms with Crippen molar-refractivity contribution in [3.63, 3.8) is 0 Å². The Morgan fingerprint density at radius 1 is 1.50 bits per heavy atom. The van der Waals surface area contributed by atoms with Crippen molar-refractivity contribution in [2.24, 2.45) is 0 Å². The molecule has 1 heterocycles. The molecular weight excluding hydrogens is 266 g/mol. The van der Waals surface area contributed by atoms with Gasteiger partial charge >= 0.3 is 0 Å². The summed E-state index contributed by atoms with van der Waals surface area (Å²) < 4.78 is 10.4. The molecule has 0 radical (unpaired) electrons. The lowest BCUT2D eigenvalue weighted by molar-refractivity contribution is -0.385. The maximum atomic E-state index is 10.6. The number of benzene rings is 1. The van der Waals surface area contributed by atoms with Crippen molar-refractivity contribution in [3.05, 3.63) is 45.6 Å². The van der Waals surface area contributed by atoms with E-state index in [0.29, 0.717) is 29.4 Å². The summed E-state index contributed by atoms with van der Waals surface area (Å²) >= 11 is 0. The van der Waals surface area contributed by atoms with Crippen molar-refractivity contribution in [1.82, 2.24) is 10.1 Å². The van der Waals surface area contributed by atoms with Crippen LogP contribution in [0, 0.1) is 10.1 Å². The van der Waals surface area contributed by atoms with Crippen LogP contribution in [0.1, 0.15) is 24.2 Å². The van der Waals surface area contributed by atoms with Crippen LogP contribution in [-0.4, -0.2) is 20.2 Å². The van der Waals surface area contributed by atoms with Gasteiger partial charge in [0.05, 0.1) is 11.5 Å². The van der Waals surface area contributed by atoms with E-state index in [1.54, 1.807) is 0 Å². The normalized spacial score (nSPS) is 10.5. The fourth-order valence-corrected chi connectivity index (χ4v) is 1.58. The van der Waals surface area contributed by atoms with E-state index in [1.165, 1.54) is 18.2 Å². The van der Waals surface area contributed by atoms with Gasteiger partial charge in [0, 0.05) is 24.1 Å². The second-order valence-corrected chi connectivity index (χ2v) is 3.95. The number of non-ortho nitro benzene ring substituents is 1. The number of nitro groups is 1. The third kappa shape index (κ3) is 3.09. The van der Waals surface area contributed by atoms with E-state index in [0.717, 1.165) is 0 Å². The van der Waals surface area contributed by atoms with Gasteiger partial charge < -0.3 is 14.4 Å². The minimum absolute atomic E-state index is 0.0395. The van der Waals surface area contributed by atoms with Gasteiger partial charge in [-0.3, -0.25) is 10.1 Å². The average molecular weight is 279 g/mol. The lowest BCUT2D eigenvalue weighted by atomic mass is 10.2. The molecule has 20 heavy (non-hydrogen) atoms. The second-order valence-electron chi connectivity index (χ2n) is 3.95. The van der Waals surface area contributed by atoms with E-state index < -0.39 is 4.92 Å². The maximum Gasteiger partial charge on any atom is 0.270 e. The summed E-state index contributed by atoms with van der Waals surface area (Å²) in [6, 6.07) is 4.00. The Bertz CT molecular complexity index is 611. The number of hydrogen-bond donors (Lipinski definition) is 1. The molecule has 0 fully saturated rings. The van der Waals surface area contributed by atoms with Gasteiger partial charge in [-0.25, -0.2) is 0 Å². The summed E-state index contributed by atoms with van der Waals surface area (Å²) in [7, 11) is 0. The Kier molecular flexibility index (Phi) is 4.26. The lowest BCUT2D eigenvalue weighted by Crippen LogP contribution is -2.00. The van der Waals surface area contributed by atoms with E-state index in [4.69, 9.17) is 9.26 Å². The Labute approximate surface area is 114 Å². The highest BCUT2D eigenvalue weighted by Gasteiger charge is 2.12. The molecule has 106 valence electrons. The molecule has 8 nitrogen and oxygen atoms in total. The molecule has 2 aromatic rings. The molecule has 2 rings (SSSR count). The summed E-state index contributed by atoms with van der Waals surface area (Å²) in [4.78, 5) is 14.2. The molecule has 8 heteroatoms. The average Bonchev–Trinajstić information content (AvgIpc) is 2.92. The molecule has 0 aliphatic rings. The SMILES string of the molecule is CCc1noc(COc2ccc([N+](=O)[O-])cc2CO)n1. The largest absolute Gasteiger partial charge is 0.483 e. The molecule has 0 saturated carbocycles. The highest BCUT2D eigenvalue weighted by Crippen LogP contribution is 2.24. The third-order valence-corrected chi connectivity index (χ3v) is 2.60. The van der Waals surface area contributed by atoms with Gasteiger partial charge in [-0.1, -0.05) is 12.1 Å². The van der Waals surface area contributed by atoms with E-state index in [9.17, 15) is 15.2 Å². The van der Waals surface area contributed by atoms with Crippen molar-refractivity contribution in [2.45, 2.75) is 26.6 Å². The van der Waals surface area contributed by atoms with Gasteiger partial charge in [0.2, 0.25) is 0 Å². The first kappa shape index (κ1) is 13.9. The number of hydrogen-bond acceptors (Lipinski definition) is 7. The number of aliphatic hydroxyl groups is 1. The third-order valence-electron chi connectivity index (χ3n) is 2.60. The number of aromatic nitrogens is 2. The van der Waals surface area contributed by atoms with Gasteiger partial charge in [0.1, 0.15) is 5.75 Å². The van der Waals surface area contributed by atoms with Crippen LogP contribution in [0.4, 0.5) is 5.69 Å². The number of rotatable bonds is 6. The minimum Gasteiger partial charge on any atom is -0.483 e. The second kappa shape index (κ2) is 6.11. The maximum absolute atomic E-state index is 10.6. The fourth-order valence-electron chi connectivity index (χ4n) is 1.58. The van der Waals surface area contributed by atoms with Crippen molar-refractivity contribution < 1.29 is 19.3 Å². The summed E-state index contributed by atoms with van der Waals surface area (Å²) in [6.45, 7) is 1.58. The van der Waals surface area contributed by atoms with Crippen LogP contribution in [0.5, 0.6) is 5.75 Å². The molecular formula is C12H13N3O5. The van der Waals surface area contributed by atoms with Gasteiger partial charge in [-0.2, -0.15) is 4.98 Å². The number of nitro benzene ring substituents is 1. The summed E-state index contributed by atoms with van der Waals surface area (Å²) in [5.41, 5.74) is 0.224. The molecule has 0 amide bonds. The molecule has 1 N–H and O–H groups in total. The summed E-state index contributed by atoms with van der Waals surface area (Å²) in [5.74, 6) is 1.23. The van der Waals surface area contributed by atoms with Crippen LogP contribution in [0.3, 0.4) is 0 Å². The molecule has 0 aliphatic heterocycles. The van der Waals surface area contributed by atoms with E-state index in [-0.39, 0.29) is 18.9 Å². The lowest BCUT2D eigenvalue weighted by Gasteiger charge is -2.07. The van der Waals surface area contributed by atoms with Gasteiger partial charge in [-0.15, -0.1) is 0 Å². The standard InChI is InChI=1S/C12H13N3O5/c1-2-11-13-12(20-14-11)7-19-10-4-3-9(15(17)18)5-8(10)6-16/h3-5,16H,2,6-7H2,1H3. The Hall–Kier alpha value is -2.48. The summed E-state index contributed by atoms with van der Waals surface area (Å²) in [6.07, 6.45) is 0.656. The minimum atomic E-state index is -0.533. The van der Waals surface area contributed by atoms with Gasteiger partial charge in [-0.05, 0) is 6.07 Å². The van der Waals surface area contributed by atoms with Crippen molar-refractivity contribution in [3.8, 4) is 5.75 Å². The zero-order chi connectivity index (χ0) is 14.5. The first-order chi connectivity index (χ1) is 9.63. The molecule has 1 aromatic heterocycles. The number of ether oxygens (including phenoxy) is 1. The highest BCUT2D eigenvalue weighted by atomic mass is 16.6. The van der Waals surface area contributed by atoms with Crippen LogP contribution >= 0.6 is 0 Å². The highest BCUT2D eigenvalue weighted by molar-refractivity contribution is 5.43. The van der Waals surface area contributed by atoms with Crippen molar-refractivity contribution in [1.29, 1.82) is 0 Å².